The highest BCUT2D eigenvalue weighted by Crippen LogP contribution is 2.25. The van der Waals surface area contributed by atoms with Gasteiger partial charge in [0.1, 0.15) is 17.9 Å². The number of hydrogen-bond donors (Lipinski definition) is 2. The van der Waals surface area contributed by atoms with Crippen molar-refractivity contribution in [2.75, 3.05) is 58.9 Å². The molecule has 2 aromatic rings. The molecule has 2 aromatic carbocycles. The van der Waals surface area contributed by atoms with Crippen molar-refractivity contribution < 1.29 is 23.4 Å². The van der Waals surface area contributed by atoms with Crippen LogP contribution in [0.5, 0.6) is 5.75 Å². The van der Waals surface area contributed by atoms with E-state index in [1.807, 2.05) is 0 Å². The minimum atomic E-state index is -0.591. The molecule has 34 heavy (non-hydrogen) atoms. The molecular weight excluding hydrogens is 441 g/mol. The fourth-order valence-corrected chi connectivity index (χ4v) is 3.41. The Morgan fingerprint density at radius 2 is 1.97 bits per heavy atom. The highest BCUT2D eigenvalue weighted by Gasteiger charge is 2.15. The third-order valence-corrected chi connectivity index (χ3v) is 5.18. The molecule has 1 aliphatic rings. The average molecular weight is 472 g/mol. The first-order valence-corrected chi connectivity index (χ1v) is 11.0. The Bertz CT molecular complexity index is 1010. The highest BCUT2D eigenvalue weighted by atomic mass is 19.1. The summed E-state index contributed by atoms with van der Waals surface area (Å²) in [4.78, 5) is 19.1. The van der Waals surface area contributed by atoms with E-state index in [1.54, 1.807) is 24.3 Å². The topological polar surface area (TPSA) is 96.8 Å². The van der Waals surface area contributed by atoms with E-state index in [4.69, 9.17) is 14.2 Å². The number of aliphatic imine (C=N–C) groups is 1. The number of ether oxygens (including phenoxy) is 3. The summed E-state index contributed by atoms with van der Waals surface area (Å²) in [6, 6.07) is 10.7. The number of hydrazone groups is 1. The van der Waals surface area contributed by atoms with Crippen LogP contribution < -0.4 is 15.5 Å². The van der Waals surface area contributed by atoms with Crippen LogP contribution in [0.25, 0.3) is 0 Å². The summed E-state index contributed by atoms with van der Waals surface area (Å²) >= 11 is 0. The van der Waals surface area contributed by atoms with Crippen LogP contribution in [0.3, 0.4) is 0 Å². The van der Waals surface area contributed by atoms with Gasteiger partial charge >= 0.3 is 0 Å². The Labute approximate surface area is 198 Å². The lowest BCUT2D eigenvalue weighted by atomic mass is 10.1. The number of nitrogens with one attached hydrogen (secondary N) is 2. The molecule has 3 rings (SSSR count). The Kier molecular flexibility index (Phi) is 9.80. The Hall–Kier alpha value is -3.50. The zero-order valence-corrected chi connectivity index (χ0v) is 19.4. The van der Waals surface area contributed by atoms with Gasteiger partial charge in [0.05, 0.1) is 38.6 Å². The summed E-state index contributed by atoms with van der Waals surface area (Å²) in [6.45, 7) is 5.20. The monoisotopic (exact) mass is 471 g/mol. The van der Waals surface area contributed by atoms with Gasteiger partial charge in [-0.25, -0.2) is 4.39 Å². The minimum Gasteiger partial charge on any atom is -0.496 e. The normalized spacial score (nSPS) is 14.7. The zero-order chi connectivity index (χ0) is 24.2. The standard InChI is InChI=1S/C24H30FN5O4/c1-32-22-16-18(28-23(31)19-6-3-4-7-21(19)25)8-9-20(22)24(33-2)29-27-17-26-10-5-11-30-12-14-34-15-13-30/h3-4,6-9,16-17H,5,10-15H2,1-2H3,(H,26,27)(H,28,31)/b29-24-. The first-order valence-electron chi connectivity index (χ1n) is 11.0. The highest BCUT2D eigenvalue weighted by molar-refractivity contribution is 6.05. The predicted octanol–water partition coefficient (Wildman–Crippen LogP) is 2.73. The number of carbonyl (C=O) groups excluding carboxylic acids is 1. The number of methoxy groups -OCH3 is 2. The maximum Gasteiger partial charge on any atom is 0.258 e. The van der Waals surface area contributed by atoms with E-state index < -0.39 is 11.7 Å². The van der Waals surface area contributed by atoms with E-state index in [0.717, 1.165) is 39.3 Å². The van der Waals surface area contributed by atoms with Gasteiger partial charge in [0.25, 0.3) is 5.91 Å². The van der Waals surface area contributed by atoms with E-state index in [2.05, 4.69) is 25.7 Å². The second kappa shape index (κ2) is 13.3. The molecule has 0 bridgehead atoms. The van der Waals surface area contributed by atoms with Crippen molar-refractivity contribution in [2.45, 2.75) is 6.42 Å². The smallest absolute Gasteiger partial charge is 0.258 e. The van der Waals surface area contributed by atoms with Crippen molar-refractivity contribution in [1.29, 1.82) is 0 Å². The van der Waals surface area contributed by atoms with Gasteiger partial charge in [-0.05, 0) is 30.7 Å². The van der Waals surface area contributed by atoms with Gasteiger partial charge in [0.15, 0.2) is 0 Å². The van der Waals surface area contributed by atoms with Gasteiger partial charge in [0.2, 0.25) is 5.90 Å². The fraction of sp³-hybridized carbons (Fsp3) is 0.375. The van der Waals surface area contributed by atoms with E-state index in [1.165, 1.54) is 38.8 Å². The van der Waals surface area contributed by atoms with Crippen LogP contribution >= 0.6 is 0 Å². The molecule has 0 radical (unpaired) electrons. The van der Waals surface area contributed by atoms with Crippen molar-refractivity contribution in [2.24, 2.45) is 10.1 Å². The summed E-state index contributed by atoms with van der Waals surface area (Å²) in [5.74, 6) is -0.439. The molecule has 0 unspecified atom stereocenters. The van der Waals surface area contributed by atoms with Gasteiger partial charge in [0, 0.05) is 37.9 Å². The lowest BCUT2D eigenvalue weighted by molar-refractivity contribution is 0.0377. The van der Waals surface area contributed by atoms with Crippen LogP contribution in [0.2, 0.25) is 0 Å². The van der Waals surface area contributed by atoms with Crippen molar-refractivity contribution in [3.63, 3.8) is 0 Å². The molecule has 9 nitrogen and oxygen atoms in total. The van der Waals surface area contributed by atoms with E-state index >= 15 is 0 Å². The van der Waals surface area contributed by atoms with Crippen molar-refractivity contribution in [3.8, 4) is 5.75 Å². The van der Waals surface area contributed by atoms with Crippen molar-refractivity contribution in [1.82, 2.24) is 10.3 Å². The Morgan fingerprint density at radius 1 is 1.18 bits per heavy atom. The molecule has 1 saturated heterocycles. The summed E-state index contributed by atoms with van der Waals surface area (Å²) in [5.41, 5.74) is 3.74. The van der Waals surface area contributed by atoms with Crippen LogP contribution in [-0.4, -0.2) is 76.7 Å². The minimum absolute atomic E-state index is 0.0434. The average Bonchev–Trinajstić information content (AvgIpc) is 2.87. The molecule has 0 saturated carbocycles. The summed E-state index contributed by atoms with van der Waals surface area (Å²) < 4.78 is 30.0. The number of amides is 1. The van der Waals surface area contributed by atoms with Gasteiger partial charge in [-0.15, -0.1) is 5.10 Å². The molecule has 182 valence electrons. The lowest BCUT2D eigenvalue weighted by Crippen LogP contribution is -2.37. The van der Waals surface area contributed by atoms with Crippen LogP contribution in [0.1, 0.15) is 22.3 Å². The van der Waals surface area contributed by atoms with Gasteiger partial charge in [-0.2, -0.15) is 0 Å². The molecule has 0 aliphatic carbocycles. The predicted molar refractivity (Wildman–Crippen MR) is 129 cm³/mol. The number of anilines is 1. The van der Waals surface area contributed by atoms with Crippen LogP contribution in [0.4, 0.5) is 10.1 Å². The van der Waals surface area contributed by atoms with Crippen LogP contribution in [0.15, 0.2) is 52.6 Å². The Balaban J connectivity index is 1.56. The van der Waals surface area contributed by atoms with Crippen LogP contribution in [-0.2, 0) is 9.47 Å². The molecule has 0 spiro atoms. The molecule has 2 N–H and O–H groups in total. The van der Waals surface area contributed by atoms with Crippen LogP contribution in [0, 0.1) is 5.82 Å². The Morgan fingerprint density at radius 3 is 2.71 bits per heavy atom. The molecule has 1 amide bonds. The first kappa shape index (κ1) is 25.1. The second-order valence-electron chi connectivity index (χ2n) is 7.44. The van der Waals surface area contributed by atoms with E-state index in [9.17, 15) is 9.18 Å². The third-order valence-electron chi connectivity index (χ3n) is 5.18. The zero-order valence-electron chi connectivity index (χ0n) is 19.4. The molecule has 0 atom stereocenters. The lowest BCUT2D eigenvalue weighted by Gasteiger charge is -2.26. The van der Waals surface area contributed by atoms with Gasteiger partial charge in [-0.1, -0.05) is 12.1 Å². The first-order chi connectivity index (χ1) is 16.6. The maximum absolute atomic E-state index is 13.9. The molecule has 10 heteroatoms. The summed E-state index contributed by atoms with van der Waals surface area (Å²) in [5, 5.41) is 6.88. The van der Waals surface area contributed by atoms with Crippen molar-refractivity contribution >= 4 is 23.8 Å². The molecule has 1 heterocycles. The third kappa shape index (κ3) is 7.26. The van der Waals surface area contributed by atoms with E-state index in [-0.39, 0.29) is 11.5 Å². The number of rotatable bonds is 10. The van der Waals surface area contributed by atoms with Gasteiger partial charge in [-0.3, -0.25) is 20.1 Å². The summed E-state index contributed by atoms with van der Waals surface area (Å²) in [6.07, 6.45) is 2.47. The number of carbonyl (C=O) groups is 1. The number of hydrogen-bond acceptors (Lipinski definition) is 7. The van der Waals surface area contributed by atoms with Gasteiger partial charge < -0.3 is 19.5 Å². The molecule has 0 aromatic heterocycles. The van der Waals surface area contributed by atoms with E-state index in [0.29, 0.717) is 23.5 Å². The molecular formula is C24H30FN5O4. The number of halogens is 1. The molecule has 1 fully saturated rings. The second-order valence-corrected chi connectivity index (χ2v) is 7.44. The number of nitrogens with zero attached hydrogens (tertiary/aromatic N) is 3. The number of benzene rings is 2. The summed E-state index contributed by atoms with van der Waals surface area (Å²) in [7, 11) is 2.99. The fourth-order valence-electron chi connectivity index (χ4n) is 3.41. The number of morpholine rings is 1. The molecule has 1 aliphatic heterocycles. The largest absolute Gasteiger partial charge is 0.496 e. The SMILES string of the molecule is CO/C(=N\NC=NCCCN1CCOCC1)c1ccc(NC(=O)c2ccccc2F)cc1OC. The quantitative estimate of drug-likeness (QED) is 0.239. The maximum atomic E-state index is 13.9. The van der Waals surface area contributed by atoms with Crippen molar-refractivity contribution in [3.05, 3.63) is 59.4 Å².